The maximum Gasteiger partial charge on any atom is 0.321 e. The molecule has 140 valence electrons. The first-order valence-corrected chi connectivity index (χ1v) is 11.8. The Labute approximate surface area is 164 Å². The van der Waals surface area contributed by atoms with Crippen LogP contribution >= 0.6 is 0 Å². The molecule has 4 atom stereocenters. The number of benzene rings is 2. The van der Waals surface area contributed by atoms with Gasteiger partial charge in [0, 0.05) is 13.1 Å². The highest BCUT2D eigenvalue weighted by atomic mass is 32.2. The average molecular weight is 380 g/mol. The number of hydrogen-bond donors (Lipinski definition) is 0. The van der Waals surface area contributed by atoms with Crippen LogP contribution in [-0.4, -0.2) is 44.7 Å². The van der Waals surface area contributed by atoms with Crippen LogP contribution in [-0.2, 0) is 24.0 Å². The number of fused-ring (bicyclic) bond motifs is 3. The molecule has 0 saturated carbocycles. The second-order valence-corrected chi connectivity index (χ2v) is 10.4. The van der Waals surface area contributed by atoms with E-state index in [2.05, 4.69) is 58.3 Å². The Balaban J connectivity index is 1.45. The Morgan fingerprint density at radius 2 is 1.48 bits per heavy atom. The van der Waals surface area contributed by atoms with Gasteiger partial charge in [-0.3, -0.25) is 0 Å². The first-order chi connectivity index (χ1) is 13.3. The predicted molar refractivity (Wildman–Crippen MR) is 112 cm³/mol. The van der Waals surface area contributed by atoms with Crippen LogP contribution in [0.1, 0.15) is 30.4 Å². The third kappa shape index (κ3) is 3.14. The quantitative estimate of drug-likeness (QED) is 0.581. The molecule has 2 aromatic rings. The van der Waals surface area contributed by atoms with Gasteiger partial charge < -0.3 is 9.80 Å². The Morgan fingerprint density at radius 3 is 2.15 bits per heavy atom. The molecular weight excluding hydrogens is 352 g/mol. The van der Waals surface area contributed by atoms with Gasteiger partial charge in [0.2, 0.25) is 0 Å². The fourth-order valence-corrected chi connectivity index (χ4v) is 8.46. The highest BCUT2D eigenvalue weighted by molar-refractivity contribution is 7.97. The molecule has 3 aliphatic rings. The zero-order valence-corrected chi connectivity index (χ0v) is 16.5. The van der Waals surface area contributed by atoms with Crippen molar-refractivity contribution in [2.75, 3.05) is 11.5 Å². The number of nitrogens with zero attached hydrogens (tertiary/aromatic N) is 2. The summed E-state index contributed by atoms with van der Waals surface area (Å²) in [7, 11) is 0.498. The van der Waals surface area contributed by atoms with Crippen molar-refractivity contribution in [3.63, 3.8) is 0 Å². The van der Waals surface area contributed by atoms with Gasteiger partial charge in [-0.1, -0.05) is 60.7 Å². The summed E-state index contributed by atoms with van der Waals surface area (Å²) in [6.45, 7) is 1.50. The topological polar surface area (TPSA) is 23.6 Å². The molecule has 0 N–H and O–H groups in total. The zero-order valence-electron chi connectivity index (χ0n) is 15.7. The second-order valence-electron chi connectivity index (χ2n) is 8.01. The van der Waals surface area contributed by atoms with Gasteiger partial charge in [0.05, 0.1) is 0 Å². The van der Waals surface area contributed by atoms with Crippen LogP contribution in [0.2, 0.25) is 0 Å². The van der Waals surface area contributed by atoms with E-state index in [1.165, 1.54) is 41.9 Å². The fraction of sp³-hybridized carbons (Fsp3) is 0.435. The van der Waals surface area contributed by atoms with Crippen molar-refractivity contribution >= 4 is 16.9 Å². The van der Waals surface area contributed by atoms with Crippen LogP contribution in [0.5, 0.6) is 0 Å². The van der Waals surface area contributed by atoms with E-state index < -0.39 is 0 Å². The minimum atomic E-state index is 0.242. The number of amides is 2. The van der Waals surface area contributed by atoms with E-state index in [9.17, 15) is 4.79 Å². The van der Waals surface area contributed by atoms with E-state index >= 15 is 0 Å². The van der Waals surface area contributed by atoms with Gasteiger partial charge >= 0.3 is 6.03 Å². The highest BCUT2D eigenvalue weighted by Crippen LogP contribution is 2.42. The number of urea groups is 1. The van der Waals surface area contributed by atoms with Crippen molar-refractivity contribution in [1.29, 1.82) is 0 Å². The molecule has 0 aliphatic carbocycles. The van der Waals surface area contributed by atoms with E-state index in [0.29, 0.717) is 23.0 Å². The summed E-state index contributed by atoms with van der Waals surface area (Å²) in [5.41, 5.74) is 2.48. The number of carbonyl (C=O) groups excluding carboxylic acids is 1. The van der Waals surface area contributed by atoms with E-state index in [1.54, 1.807) is 0 Å². The summed E-state index contributed by atoms with van der Waals surface area (Å²) >= 11 is 0. The first-order valence-electron chi connectivity index (χ1n) is 10.1. The Hall–Kier alpha value is -1.94. The molecule has 0 radical (unpaired) electrons. The lowest BCUT2D eigenvalue weighted by molar-refractivity contribution is 0.180. The molecule has 0 aromatic heterocycles. The lowest BCUT2D eigenvalue weighted by atomic mass is 10.0. The van der Waals surface area contributed by atoms with Crippen molar-refractivity contribution < 1.29 is 4.79 Å². The van der Waals surface area contributed by atoms with E-state index in [1.807, 2.05) is 12.1 Å². The minimum Gasteiger partial charge on any atom is -0.310 e. The van der Waals surface area contributed by atoms with E-state index in [0.717, 1.165) is 18.3 Å². The molecule has 27 heavy (non-hydrogen) atoms. The Kier molecular flexibility index (Phi) is 4.60. The van der Waals surface area contributed by atoms with Crippen LogP contribution in [0.3, 0.4) is 0 Å². The standard InChI is InChI=1S/C23H27N2OS/c26-23-24(15-18-9-3-1-4-10-18)20-17-27-14-8-7-13-21(27)22(20)25(23)16-19-11-5-2-6-12-19/h1-6,9-12,20-22H,7-8,13-17H2/q+1/t20-,21-,22-,27?/m0/s1. The summed E-state index contributed by atoms with van der Waals surface area (Å²) < 4.78 is 0. The third-order valence-corrected chi connectivity index (χ3v) is 9.33. The van der Waals surface area contributed by atoms with Crippen molar-refractivity contribution in [2.24, 2.45) is 0 Å². The van der Waals surface area contributed by atoms with Crippen LogP contribution in [0, 0.1) is 0 Å². The molecule has 3 nitrogen and oxygen atoms in total. The maximum absolute atomic E-state index is 13.5. The van der Waals surface area contributed by atoms with Gasteiger partial charge in [0.1, 0.15) is 28.8 Å². The fourth-order valence-electron chi connectivity index (χ4n) is 5.13. The average Bonchev–Trinajstić information content (AvgIpc) is 3.20. The van der Waals surface area contributed by atoms with Crippen molar-refractivity contribution in [3.8, 4) is 0 Å². The molecule has 3 fully saturated rings. The summed E-state index contributed by atoms with van der Waals surface area (Å²) in [5.74, 6) is 2.60. The molecule has 5 rings (SSSR count). The predicted octanol–water partition coefficient (Wildman–Crippen LogP) is 4.05. The second kappa shape index (κ2) is 7.23. The van der Waals surface area contributed by atoms with Gasteiger partial charge in [-0.05, 0) is 41.3 Å². The molecule has 4 heteroatoms. The van der Waals surface area contributed by atoms with Gasteiger partial charge in [-0.2, -0.15) is 0 Å². The molecular formula is C23H27N2OS+. The van der Waals surface area contributed by atoms with Gasteiger partial charge in [0.25, 0.3) is 0 Å². The number of rotatable bonds is 4. The monoisotopic (exact) mass is 379 g/mol. The van der Waals surface area contributed by atoms with Gasteiger partial charge in [-0.15, -0.1) is 0 Å². The first kappa shape index (κ1) is 17.2. The van der Waals surface area contributed by atoms with Crippen LogP contribution in [0.15, 0.2) is 60.7 Å². The molecule has 3 heterocycles. The normalized spacial score (nSPS) is 29.7. The van der Waals surface area contributed by atoms with Crippen molar-refractivity contribution in [2.45, 2.75) is 49.7 Å². The molecule has 1 unspecified atom stereocenters. The SMILES string of the molecule is O=C1N(Cc2ccccc2)[C@H]2[C@H](C[S+]3CCCC[C@@H]23)N1Cc1ccccc1. The zero-order chi connectivity index (χ0) is 18.2. The lowest BCUT2D eigenvalue weighted by Crippen LogP contribution is -2.44. The minimum absolute atomic E-state index is 0.242. The molecule has 0 bridgehead atoms. The Bertz CT molecular complexity index is 797. The van der Waals surface area contributed by atoms with E-state index in [4.69, 9.17) is 0 Å². The summed E-state index contributed by atoms with van der Waals surface area (Å²) in [6.07, 6.45) is 4.02. The lowest BCUT2D eigenvalue weighted by Gasteiger charge is -2.28. The Morgan fingerprint density at radius 1 is 0.852 bits per heavy atom. The summed E-state index contributed by atoms with van der Waals surface area (Å²) in [6, 6.07) is 22.0. The van der Waals surface area contributed by atoms with Gasteiger partial charge in [-0.25, -0.2) is 4.79 Å². The number of carbonyl (C=O) groups is 1. The summed E-state index contributed by atoms with van der Waals surface area (Å²) in [4.78, 5) is 17.9. The molecule has 3 aliphatic heterocycles. The highest BCUT2D eigenvalue weighted by Gasteiger charge is 2.61. The van der Waals surface area contributed by atoms with Crippen LogP contribution in [0.4, 0.5) is 4.79 Å². The third-order valence-electron chi connectivity index (χ3n) is 6.38. The van der Waals surface area contributed by atoms with Gasteiger partial charge in [0.15, 0.2) is 0 Å². The van der Waals surface area contributed by atoms with Crippen molar-refractivity contribution in [1.82, 2.24) is 9.80 Å². The number of hydrogen-bond acceptors (Lipinski definition) is 1. The molecule has 0 spiro atoms. The largest absolute Gasteiger partial charge is 0.321 e. The maximum atomic E-state index is 13.5. The molecule has 2 aromatic carbocycles. The van der Waals surface area contributed by atoms with Crippen molar-refractivity contribution in [3.05, 3.63) is 71.8 Å². The molecule has 2 amide bonds. The smallest absolute Gasteiger partial charge is 0.310 e. The van der Waals surface area contributed by atoms with Crippen LogP contribution < -0.4 is 0 Å². The van der Waals surface area contributed by atoms with E-state index in [-0.39, 0.29) is 6.03 Å². The molecule has 3 saturated heterocycles. The van der Waals surface area contributed by atoms with Crippen LogP contribution in [0.25, 0.3) is 0 Å². The summed E-state index contributed by atoms with van der Waals surface area (Å²) in [5, 5.41) is 0.720.